The Morgan fingerprint density at radius 2 is 1.21 bits per heavy atom. The monoisotopic (exact) mass is 343 g/mol. The lowest BCUT2D eigenvalue weighted by Crippen LogP contribution is -2.43. The quantitative estimate of drug-likeness (QED) is 0.637. The van der Waals surface area contributed by atoms with E-state index in [1.165, 1.54) is 26.0 Å². The molecule has 0 radical (unpaired) electrons. The molecule has 1 saturated heterocycles. The molecule has 2 heterocycles. The number of fused-ring (bicyclic) bond motifs is 4. The number of benzene rings is 2. The van der Waals surface area contributed by atoms with Crippen molar-refractivity contribution in [2.45, 2.75) is 55.7 Å². The first-order chi connectivity index (χ1) is 11.8. The molecule has 2 aliphatic rings. The molecule has 2 aromatic carbocycles. The third kappa shape index (κ3) is 3.39. The summed E-state index contributed by atoms with van der Waals surface area (Å²) in [5.41, 5.74) is 2.96. The number of hydroxylamine groups is 2. The molecule has 0 aliphatic carbocycles. The molecule has 1 fully saturated rings. The van der Waals surface area contributed by atoms with E-state index in [-0.39, 0.29) is 5.41 Å². The molecular formula is C21H29NOS. The Morgan fingerprint density at radius 3 is 1.67 bits per heavy atom. The Kier molecular flexibility index (Phi) is 6.90. The van der Waals surface area contributed by atoms with Gasteiger partial charge in [0.15, 0.2) is 0 Å². The SMILES string of the molecule is CC.CC.ON1CCC2(CC1)c1ccccc1Sc1ccccc12. The van der Waals surface area contributed by atoms with E-state index in [0.29, 0.717) is 0 Å². The lowest BCUT2D eigenvalue weighted by Gasteiger charge is -2.44. The molecule has 0 unspecified atom stereocenters. The standard InChI is InChI=1S/C17H17NOS.2C2H6/c19-18-11-9-17(10-12-18)13-5-1-3-7-15(13)20-16-8-4-2-6-14(16)17;2*1-2/h1-8,19H,9-12H2;2*1-2H3. The van der Waals surface area contributed by atoms with Gasteiger partial charge in [-0.1, -0.05) is 75.9 Å². The van der Waals surface area contributed by atoms with Gasteiger partial charge in [-0.15, -0.1) is 0 Å². The maximum absolute atomic E-state index is 9.75. The van der Waals surface area contributed by atoms with E-state index in [2.05, 4.69) is 48.5 Å². The van der Waals surface area contributed by atoms with Crippen molar-refractivity contribution in [3.63, 3.8) is 0 Å². The number of nitrogens with zero attached hydrogens (tertiary/aromatic N) is 1. The van der Waals surface area contributed by atoms with Crippen LogP contribution in [0.5, 0.6) is 0 Å². The number of rotatable bonds is 0. The summed E-state index contributed by atoms with van der Waals surface area (Å²) in [6.07, 6.45) is 1.97. The Balaban J connectivity index is 0.000000487. The lowest BCUT2D eigenvalue weighted by molar-refractivity contribution is -0.113. The predicted octanol–water partition coefficient (Wildman–Crippen LogP) is 5.97. The van der Waals surface area contributed by atoms with Crippen LogP contribution < -0.4 is 0 Å². The summed E-state index contributed by atoms with van der Waals surface area (Å²) in [5, 5.41) is 11.2. The van der Waals surface area contributed by atoms with Crippen LogP contribution in [0.3, 0.4) is 0 Å². The molecule has 0 aromatic heterocycles. The van der Waals surface area contributed by atoms with E-state index in [0.717, 1.165) is 25.9 Å². The van der Waals surface area contributed by atoms with Crippen LogP contribution in [0.25, 0.3) is 0 Å². The highest BCUT2D eigenvalue weighted by molar-refractivity contribution is 7.99. The molecule has 4 rings (SSSR count). The summed E-state index contributed by atoms with van der Waals surface area (Å²) in [7, 11) is 0. The first kappa shape index (κ1) is 19.0. The highest BCUT2D eigenvalue weighted by Crippen LogP contribution is 2.53. The van der Waals surface area contributed by atoms with Crippen LogP contribution in [0, 0.1) is 0 Å². The zero-order chi connectivity index (χ0) is 17.6. The van der Waals surface area contributed by atoms with E-state index in [1.807, 2.05) is 39.5 Å². The van der Waals surface area contributed by atoms with Gasteiger partial charge in [-0.05, 0) is 36.1 Å². The molecule has 2 aliphatic heterocycles. The average Bonchev–Trinajstić information content (AvgIpc) is 2.67. The molecule has 1 spiro atoms. The molecule has 2 aromatic rings. The van der Waals surface area contributed by atoms with Crippen molar-refractivity contribution in [1.82, 2.24) is 5.06 Å². The zero-order valence-corrected chi connectivity index (χ0v) is 16.1. The number of hydrogen-bond acceptors (Lipinski definition) is 3. The number of piperidine rings is 1. The van der Waals surface area contributed by atoms with Crippen molar-refractivity contribution in [3.05, 3.63) is 59.7 Å². The highest BCUT2D eigenvalue weighted by Gasteiger charge is 2.42. The summed E-state index contributed by atoms with van der Waals surface area (Å²) >= 11 is 1.87. The van der Waals surface area contributed by atoms with Crippen molar-refractivity contribution in [2.75, 3.05) is 13.1 Å². The van der Waals surface area contributed by atoms with Gasteiger partial charge in [0.25, 0.3) is 0 Å². The second kappa shape index (κ2) is 8.70. The van der Waals surface area contributed by atoms with Crippen LogP contribution in [-0.2, 0) is 5.41 Å². The van der Waals surface area contributed by atoms with Crippen molar-refractivity contribution in [1.29, 1.82) is 0 Å². The Bertz CT molecular complexity index is 600. The van der Waals surface area contributed by atoms with Gasteiger partial charge < -0.3 is 5.21 Å². The second-order valence-corrected chi connectivity index (χ2v) is 6.71. The highest BCUT2D eigenvalue weighted by atomic mass is 32.2. The largest absolute Gasteiger partial charge is 0.314 e. The Morgan fingerprint density at radius 1 is 0.792 bits per heavy atom. The third-order valence-electron chi connectivity index (χ3n) is 4.62. The Hall–Kier alpha value is -1.29. The van der Waals surface area contributed by atoms with E-state index >= 15 is 0 Å². The fraction of sp³-hybridized carbons (Fsp3) is 0.429. The molecule has 2 nitrogen and oxygen atoms in total. The van der Waals surface area contributed by atoms with Crippen LogP contribution in [-0.4, -0.2) is 23.4 Å². The van der Waals surface area contributed by atoms with E-state index in [9.17, 15) is 5.21 Å². The topological polar surface area (TPSA) is 23.5 Å². The molecule has 1 N–H and O–H groups in total. The van der Waals surface area contributed by atoms with Gasteiger partial charge in [0.1, 0.15) is 0 Å². The van der Waals surface area contributed by atoms with Gasteiger partial charge >= 0.3 is 0 Å². The molecular weight excluding hydrogens is 314 g/mol. The summed E-state index contributed by atoms with van der Waals surface area (Å²) < 4.78 is 0. The van der Waals surface area contributed by atoms with Crippen LogP contribution in [0.4, 0.5) is 0 Å². The maximum Gasteiger partial charge on any atom is 0.0251 e. The molecule has 0 atom stereocenters. The van der Waals surface area contributed by atoms with Gasteiger partial charge in [-0.3, -0.25) is 0 Å². The zero-order valence-electron chi connectivity index (χ0n) is 15.2. The predicted molar refractivity (Wildman–Crippen MR) is 103 cm³/mol. The maximum atomic E-state index is 9.75. The van der Waals surface area contributed by atoms with Crippen molar-refractivity contribution in [2.24, 2.45) is 0 Å². The summed E-state index contributed by atoms with van der Waals surface area (Å²) in [6.45, 7) is 9.49. The smallest absolute Gasteiger partial charge is 0.0251 e. The molecule has 0 bridgehead atoms. The first-order valence-corrected chi connectivity index (χ1v) is 9.92. The first-order valence-electron chi connectivity index (χ1n) is 9.10. The molecule has 130 valence electrons. The minimum absolute atomic E-state index is 0.0810. The number of hydrogen-bond donors (Lipinski definition) is 1. The summed E-state index contributed by atoms with van der Waals surface area (Å²) in [6, 6.07) is 17.5. The molecule has 24 heavy (non-hydrogen) atoms. The average molecular weight is 344 g/mol. The van der Waals surface area contributed by atoms with Gasteiger partial charge in [0, 0.05) is 28.3 Å². The fourth-order valence-electron chi connectivity index (χ4n) is 3.58. The van der Waals surface area contributed by atoms with Crippen molar-refractivity contribution >= 4 is 11.8 Å². The van der Waals surface area contributed by atoms with E-state index < -0.39 is 0 Å². The summed E-state index contributed by atoms with van der Waals surface area (Å²) in [4.78, 5) is 2.75. The molecule has 0 saturated carbocycles. The van der Waals surface area contributed by atoms with Crippen molar-refractivity contribution in [3.8, 4) is 0 Å². The van der Waals surface area contributed by atoms with Crippen molar-refractivity contribution < 1.29 is 5.21 Å². The minimum Gasteiger partial charge on any atom is -0.314 e. The molecule has 0 amide bonds. The summed E-state index contributed by atoms with van der Waals surface area (Å²) in [5.74, 6) is 0. The van der Waals surface area contributed by atoms with Gasteiger partial charge in [0.2, 0.25) is 0 Å². The fourth-order valence-corrected chi connectivity index (χ4v) is 4.86. The Labute approximate surface area is 150 Å². The minimum atomic E-state index is 0.0810. The van der Waals surface area contributed by atoms with Gasteiger partial charge in [-0.2, -0.15) is 5.06 Å². The van der Waals surface area contributed by atoms with Crippen LogP contribution in [0.15, 0.2) is 58.3 Å². The van der Waals surface area contributed by atoms with Gasteiger partial charge in [0.05, 0.1) is 0 Å². The van der Waals surface area contributed by atoms with Gasteiger partial charge in [-0.25, -0.2) is 0 Å². The second-order valence-electron chi connectivity index (χ2n) is 5.63. The van der Waals surface area contributed by atoms with Crippen LogP contribution in [0.1, 0.15) is 51.7 Å². The lowest BCUT2D eigenvalue weighted by atomic mass is 9.68. The normalized spacial score (nSPS) is 17.5. The van der Waals surface area contributed by atoms with Crippen LogP contribution >= 0.6 is 11.8 Å². The van der Waals surface area contributed by atoms with E-state index in [1.54, 1.807) is 0 Å². The van der Waals surface area contributed by atoms with E-state index in [4.69, 9.17) is 0 Å². The third-order valence-corrected chi connectivity index (χ3v) is 5.77. The van der Waals surface area contributed by atoms with Crippen LogP contribution in [0.2, 0.25) is 0 Å². The molecule has 3 heteroatoms.